The molecule has 0 amide bonds. The van der Waals surface area contributed by atoms with Crippen LogP contribution in [0.3, 0.4) is 0 Å². The molecule has 0 bridgehead atoms. The maximum atomic E-state index is 4.38. The molecule has 2 rings (SSSR count). The van der Waals surface area contributed by atoms with Gasteiger partial charge in [-0.1, -0.05) is 37.4 Å². The molecule has 0 atom stereocenters. The molecule has 1 heterocycles. The van der Waals surface area contributed by atoms with Crippen LogP contribution in [0.1, 0.15) is 38.5 Å². The first-order chi connectivity index (χ1) is 7.95. The van der Waals surface area contributed by atoms with Gasteiger partial charge in [0, 0.05) is 24.9 Å². The average molecular weight is 241 g/mol. The van der Waals surface area contributed by atoms with Crippen LogP contribution in [0.4, 0.5) is 0 Å². The van der Waals surface area contributed by atoms with Gasteiger partial charge < -0.3 is 10.6 Å². The molecule has 0 aromatic heterocycles. The third-order valence-corrected chi connectivity index (χ3v) is 4.23. The van der Waals surface area contributed by atoms with Crippen molar-refractivity contribution in [3.8, 4) is 0 Å². The summed E-state index contributed by atoms with van der Waals surface area (Å²) in [5, 5.41) is 8.11. The molecule has 4 heteroatoms. The predicted octanol–water partition coefficient (Wildman–Crippen LogP) is 1.99. The lowest BCUT2D eigenvalue weighted by atomic mass is 10.1. The number of nitrogens with zero attached hydrogens (tertiary/aromatic N) is 1. The molecule has 1 fully saturated rings. The molecule has 0 radical (unpaired) electrons. The van der Waals surface area contributed by atoms with Gasteiger partial charge in [-0.15, -0.1) is 0 Å². The van der Waals surface area contributed by atoms with E-state index in [0.717, 1.165) is 36.6 Å². The topological polar surface area (TPSA) is 36.4 Å². The fourth-order valence-electron chi connectivity index (χ4n) is 2.37. The van der Waals surface area contributed by atoms with Gasteiger partial charge in [-0.2, -0.15) is 0 Å². The Hall–Kier alpha value is -0.220. The second kappa shape index (κ2) is 7.17. The molecule has 0 saturated heterocycles. The molecular formula is C12H23N3S. The van der Waals surface area contributed by atoms with Gasteiger partial charge in [0.2, 0.25) is 0 Å². The number of thioether (sulfide) groups is 1. The van der Waals surface area contributed by atoms with Crippen molar-refractivity contribution in [2.24, 2.45) is 4.99 Å². The normalized spacial score (nSPS) is 22.6. The van der Waals surface area contributed by atoms with Gasteiger partial charge in [0.05, 0.1) is 6.54 Å². The minimum Gasteiger partial charge on any atom is -0.363 e. The minimum atomic E-state index is 0.779. The Kier molecular flexibility index (Phi) is 5.49. The third kappa shape index (κ3) is 4.34. The van der Waals surface area contributed by atoms with Gasteiger partial charge in [-0.3, -0.25) is 4.99 Å². The molecule has 92 valence electrons. The smallest absolute Gasteiger partial charge is 0.156 e. The lowest BCUT2D eigenvalue weighted by Gasteiger charge is -2.15. The van der Waals surface area contributed by atoms with E-state index in [-0.39, 0.29) is 0 Å². The molecule has 1 aliphatic heterocycles. The number of amidine groups is 1. The summed E-state index contributed by atoms with van der Waals surface area (Å²) in [5.41, 5.74) is 0. The SMILES string of the molecule is C1CCCC(NCCSC2=NCCN2)CC1. The summed E-state index contributed by atoms with van der Waals surface area (Å²) in [7, 11) is 0. The Morgan fingerprint density at radius 1 is 1.25 bits per heavy atom. The highest BCUT2D eigenvalue weighted by Crippen LogP contribution is 2.17. The van der Waals surface area contributed by atoms with Gasteiger partial charge >= 0.3 is 0 Å². The number of aliphatic imine (C=N–C) groups is 1. The Bertz CT molecular complexity index is 222. The summed E-state index contributed by atoms with van der Waals surface area (Å²) < 4.78 is 0. The van der Waals surface area contributed by atoms with Crippen LogP contribution in [0.2, 0.25) is 0 Å². The highest BCUT2D eigenvalue weighted by molar-refractivity contribution is 8.13. The minimum absolute atomic E-state index is 0.779. The standard InChI is InChI=1S/C12H23N3S/c1-2-4-6-11(5-3-1)13-9-10-16-12-14-7-8-15-12/h11,13H,1-10H2,(H,14,15). The van der Waals surface area contributed by atoms with E-state index in [4.69, 9.17) is 0 Å². The fraction of sp³-hybridized carbons (Fsp3) is 0.917. The highest BCUT2D eigenvalue weighted by Gasteiger charge is 2.11. The third-order valence-electron chi connectivity index (χ3n) is 3.27. The zero-order chi connectivity index (χ0) is 11.1. The van der Waals surface area contributed by atoms with E-state index in [9.17, 15) is 0 Å². The van der Waals surface area contributed by atoms with Crippen LogP contribution in [0.25, 0.3) is 0 Å². The predicted molar refractivity (Wildman–Crippen MR) is 72.3 cm³/mol. The molecular weight excluding hydrogens is 218 g/mol. The quantitative estimate of drug-likeness (QED) is 0.584. The summed E-state index contributed by atoms with van der Waals surface area (Å²) in [6, 6.07) is 0.779. The van der Waals surface area contributed by atoms with Crippen LogP contribution in [0.15, 0.2) is 4.99 Å². The van der Waals surface area contributed by atoms with E-state index in [1.807, 2.05) is 11.8 Å². The summed E-state index contributed by atoms with van der Waals surface area (Å²) >= 11 is 1.85. The molecule has 2 aliphatic rings. The Morgan fingerprint density at radius 2 is 2.06 bits per heavy atom. The lowest BCUT2D eigenvalue weighted by Crippen LogP contribution is -2.31. The van der Waals surface area contributed by atoms with Gasteiger partial charge in [-0.05, 0) is 12.8 Å². The lowest BCUT2D eigenvalue weighted by molar-refractivity contribution is 0.474. The van der Waals surface area contributed by atoms with Crippen molar-refractivity contribution in [1.29, 1.82) is 0 Å². The summed E-state index contributed by atoms with van der Waals surface area (Å²) in [4.78, 5) is 4.38. The van der Waals surface area contributed by atoms with Crippen LogP contribution in [-0.4, -0.2) is 36.6 Å². The summed E-state index contributed by atoms with van der Waals surface area (Å²) in [6.45, 7) is 3.10. The zero-order valence-corrected chi connectivity index (χ0v) is 10.8. The van der Waals surface area contributed by atoms with Gasteiger partial charge in [0.25, 0.3) is 0 Å². The Morgan fingerprint density at radius 3 is 2.75 bits per heavy atom. The maximum Gasteiger partial charge on any atom is 0.156 e. The van der Waals surface area contributed by atoms with E-state index in [2.05, 4.69) is 15.6 Å². The van der Waals surface area contributed by atoms with Crippen molar-refractivity contribution in [1.82, 2.24) is 10.6 Å². The second-order valence-electron chi connectivity index (χ2n) is 4.60. The molecule has 0 unspecified atom stereocenters. The highest BCUT2D eigenvalue weighted by atomic mass is 32.2. The number of rotatable bonds is 4. The summed E-state index contributed by atoms with van der Waals surface area (Å²) in [6.07, 6.45) is 8.47. The largest absolute Gasteiger partial charge is 0.363 e. The summed E-state index contributed by atoms with van der Waals surface area (Å²) in [5.74, 6) is 1.14. The first-order valence-electron chi connectivity index (χ1n) is 6.59. The van der Waals surface area contributed by atoms with Crippen molar-refractivity contribution in [3.05, 3.63) is 0 Å². The Balaban J connectivity index is 1.53. The molecule has 0 spiro atoms. The van der Waals surface area contributed by atoms with Crippen LogP contribution in [0, 0.1) is 0 Å². The first kappa shape index (κ1) is 12.2. The number of hydrogen-bond acceptors (Lipinski definition) is 4. The Labute approximate surface area is 103 Å². The molecule has 1 aliphatic carbocycles. The number of nitrogens with one attached hydrogen (secondary N) is 2. The second-order valence-corrected chi connectivity index (χ2v) is 5.69. The fourth-order valence-corrected chi connectivity index (χ4v) is 3.17. The molecule has 2 N–H and O–H groups in total. The van der Waals surface area contributed by atoms with Crippen molar-refractivity contribution in [2.75, 3.05) is 25.4 Å². The molecule has 0 aromatic carbocycles. The van der Waals surface area contributed by atoms with Crippen molar-refractivity contribution in [2.45, 2.75) is 44.6 Å². The maximum absolute atomic E-state index is 4.38. The monoisotopic (exact) mass is 241 g/mol. The van der Waals surface area contributed by atoms with Crippen molar-refractivity contribution in [3.63, 3.8) is 0 Å². The van der Waals surface area contributed by atoms with Crippen molar-refractivity contribution < 1.29 is 0 Å². The van der Waals surface area contributed by atoms with Gasteiger partial charge in [0.1, 0.15) is 0 Å². The van der Waals surface area contributed by atoms with Crippen LogP contribution < -0.4 is 10.6 Å². The zero-order valence-electron chi connectivity index (χ0n) is 10.0. The van der Waals surface area contributed by atoms with Gasteiger partial charge in [-0.25, -0.2) is 0 Å². The molecule has 3 nitrogen and oxygen atoms in total. The van der Waals surface area contributed by atoms with Crippen molar-refractivity contribution >= 4 is 16.9 Å². The van der Waals surface area contributed by atoms with Gasteiger partial charge in [0.15, 0.2) is 5.17 Å². The van der Waals surface area contributed by atoms with E-state index >= 15 is 0 Å². The van der Waals surface area contributed by atoms with Crippen LogP contribution in [0.5, 0.6) is 0 Å². The molecule has 0 aromatic rings. The van der Waals surface area contributed by atoms with E-state index < -0.39 is 0 Å². The molecule has 16 heavy (non-hydrogen) atoms. The first-order valence-corrected chi connectivity index (χ1v) is 7.58. The van der Waals surface area contributed by atoms with Crippen LogP contribution >= 0.6 is 11.8 Å². The number of hydrogen-bond donors (Lipinski definition) is 2. The van der Waals surface area contributed by atoms with E-state index in [1.165, 1.54) is 38.5 Å². The van der Waals surface area contributed by atoms with E-state index in [0.29, 0.717) is 0 Å². The average Bonchev–Trinajstić information content (AvgIpc) is 2.68. The molecule has 1 saturated carbocycles. The van der Waals surface area contributed by atoms with E-state index in [1.54, 1.807) is 0 Å². The van der Waals surface area contributed by atoms with Crippen LogP contribution in [-0.2, 0) is 0 Å².